The van der Waals surface area contributed by atoms with Crippen LogP contribution in [-0.2, 0) is 28.6 Å². The standard InChI is InChI=1S/C24H42O7/c1-15(13-14-20(18(4)25)31-19(5)26)11-10-12-16(2)21(27)17(3)22(28)24(6,7)23(29-8)30-9/h13,16-17,20-21,23,27H,10-12,14H2,1-9H3/t16-,17+,20?,21-/m0/s1. The number of hydrogen-bond donors (Lipinski definition) is 1. The van der Waals surface area contributed by atoms with Crippen molar-refractivity contribution >= 4 is 17.5 Å². The second kappa shape index (κ2) is 13.8. The second-order valence-corrected chi connectivity index (χ2v) is 9.03. The number of hydrogen-bond acceptors (Lipinski definition) is 7. The van der Waals surface area contributed by atoms with Gasteiger partial charge in [0, 0.05) is 33.5 Å². The molecule has 0 spiro atoms. The number of aliphatic hydroxyl groups excluding tert-OH is 1. The van der Waals surface area contributed by atoms with Gasteiger partial charge in [-0.1, -0.05) is 25.5 Å². The minimum absolute atomic E-state index is 0.0582. The molecule has 31 heavy (non-hydrogen) atoms. The zero-order valence-electron chi connectivity index (χ0n) is 20.7. The van der Waals surface area contributed by atoms with Gasteiger partial charge in [-0.2, -0.15) is 0 Å². The largest absolute Gasteiger partial charge is 0.454 e. The Kier molecular flexibility index (Phi) is 13.1. The second-order valence-electron chi connectivity index (χ2n) is 9.03. The van der Waals surface area contributed by atoms with Crippen LogP contribution in [0.1, 0.15) is 74.1 Å². The summed E-state index contributed by atoms with van der Waals surface area (Å²) in [7, 11) is 2.99. The minimum atomic E-state index is -0.877. The molecule has 180 valence electrons. The lowest BCUT2D eigenvalue weighted by Gasteiger charge is -2.35. The molecule has 0 radical (unpaired) electrons. The van der Waals surface area contributed by atoms with Crippen molar-refractivity contribution in [2.24, 2.45) is 17.3 Å². The quantitative estimate of drug-likeness (QED) is 0.233. The molecule has 0 aliphatic heterocycles. The van der Waals surface area contributed by atoms with Crippen molar-refractivity contribution in [3.8, 4) is 0 Å². The fourth-order valence-electron chi connectivity index (χ4n) is 3.82. The van der Waals surface area contributed by atoms with Crippen molar-refractivity contribution < 1.29 is 33.7 Å². The third-order valence-electron chi connectivity index (χ3n) is 5.83. The molecule has 0 rings (SSSR count). The van der Waals surface area contributed by atoms with Gasteiger partial charge >= 0.3 is 5.97 Å². The first kappa shape index (κ1) is 29.4. The summed E-state index contributed by atoms with van der Waals surface area (Å²) in [5.41, 5.74) is 0.214. The molecule has 0 saturated heterocycles. The van der Waals surface area contributed by atoms with Crippen LogP contribution in [0.25, 0.3) is 0 Å². The summed E-state index contributed by atoms with van der Waals surface area (Å²) in [6, 6.07) is 0. The monoisotopic (exact) mass is 442 g/mol. The van der Waals surface area contributed by atoms with Crippen molar-refractivity contribution in [1.82, 2.24) is 0 Å². The maximum atomic E-state index is 12.9. The minimum Gasteiger partial charge on any atom is -0.454 e. The van der Waals surface area contributed by atoms with Crippen LogP contribution in [0, 0.1) is 17.3 Å². The lowest BCUT2D eigenvalue weighted by molar-refractivity contribution is -0.182. The van der Waals surface area contributed by atoms with E-state index in [9.17, 15) is 19.5 Å². The molecule has 0 aromatic rings. The van der Waals surface area contributed by atoms with Crippen molar-refractivity contribution in [2.45, 2.75) is 92.6 Å². The van der Waals surface area contributed by atoms with Crippen molar-refractivity contribution in [3.63, 3.8) is 0 Å². The van der Waals surface area contributed by atoms with Gasteiger partial charge in [0.25, 0.3) is 0 Å². The maximum Gasteiger partial charge on any atom is 0.303 e. The SMILES string of the molecule is COC(OC)C(C)(C)C(=O)[C@H](C)[C@@H](O)[C@@H](C)CCCC(C)=CCC(OC(C)=O)C(C)=O. The molecule has 0 aromatic carbocycles. The third-order valence-corrected chi connectivity index (χ3v) is 5.83. The van der Waals surface area contributed by atoms with E-state index in [-0.39, 0.29) is 17.5 Å². The van der Waals surface area contributed by atoms with Gasteiger partial charge in [-0.25, -0.2) is 0 Å². The van der Waals surface area contributed by atoms with Gasteiger partial charge in [-0.05, 0) is 52.9 Å². The molecular formula is C24H42O7. The molecule has 1 unspecified atom stereocenters. The highest BCUT2D eigenvalue weighted by Crippen LogP contribution is 2.31. The van der Waals surface area contributed by atoms with E-state index in [0.717, 1.165) is 24.8 Å². The Morgan fingerprint density at radius 3 is 2.03 bits per heavy atom. The molecule has 4 atom stereocenters. The fraction of sp³-hybridized carbons (Fsp3) is 0.792. The number of rotatable bonds is 15. The highest BCUT2D eigenvalue weighted by Gasteiger charge is 2.42. The van der Waals surface area contributed by atoms with Crippen LogP contribution in [0.4, 0.5) is 0 Å². The Hall–Kier alpha value is -1.57. The van der Waals surface area contributed by atoms with Crippen LogP contribution < -0.4 is 0 Å². The van der Waals surface area contributed by atoms with E-state index in [1.165, 1.54) is 28.1 Å². The van der Waals surface area contributed by atoms with Gasteiger partial charge in [0.1, 0.15) is 5.78 Å². The summed E-state index contributed by atoms with van der Waals surface area (Å²) in [6.07, 6.45) is 2.47. The fourth-order valence-corrected chi connectivity index (χ4v) is 3.82. The van der Waals surface area contributed by atoms with Gasteiger partial charge in [0.05, 0.1) is 11.5 Å². The smallest absolute Gasteiger partial charge is 0.303 e. The summed E-state index contributed by atoms with van der Waals surface area (Å²) in [6.45, 7) is 11.9. The molecule has 0 heterocycles. The lowest BCUT2D eigenvalue weighted by atomic mass is 9.76. The molecule has 0 amide bonds. The van der Waals surface area contributed by atoms with Crippen molar-refractivity contribution in [3.05, 3.63) is 11.6 Å². The molecule has 0 saturated carbocycles. The van der Waals surface area contributed by atoms with Gasteiger partial charge in [-0.15, -0.1) is 0 Å². The maximum absolute atomic E-state index is 12.9. The topological polar surface area (TPSA) is 99.1 Å². The summed E-state index contributed by atoms with van der Waals surface area (Å²) < 4.78 is 15.6. The lowest BCUT2D eigenvalue weighted by Crippen LogP contribution is -2.46. The van der Waals surface area contributed by atoms with E-state index < -0.39 is 35.8 Å². The van der Waals surface area contributed by atoms with E-state index in [4.69, 9.17) is 14.2 Å². The van der Waals surface area contributed by atoms with E-state index in [1.54, 1.807) is 20.8 Å². The molecular weight excluding hydrogens is 400 g/mol. The summed E-state index contributed by atoms with van der Waals surface area (Å²) in [4.78, 5) is 35.6. The number of carbonyl (C=O) groups excluding carboxylic acids is 3. The van der Waals surface area contributed by atoms with Gasteiger partial charge in [0.2, 0.25) is 0 Å². The predicted octanol–water partition coefficient (Wildman–Crippen LogP) is 3.86. The van der Waals surface area contributed by atoms with Gasteiger partial charge in [0.15, 0.2) is 18.2 Å². The van der Waals surface area contributed by atoms with Crippen LogP contribution >= 0.6 is 0 Å². The van der Waals surface area contributed by atoms with Gasteiger partial charge < -0.3 is 19.3 Å². The Bertz CT molecular complexity index is 619. The zero-order valence-corrected chi connectivity index (χ0v) is 20.7. The summed E-state index contributed by atoms with van der Waals surface area (Å²) >= 11 is 0. The first-order chi connectivity index (χ1) is 14.3. The number of ketones is 2. The number of allylic oxidation sites excluding steroid dienone is 1. The number of aliphatic hydroxyl groups is 1. The molecule has 1 N–H and O–H groups in total. The highest BCUT2D eigenvalue weighted by atomic mass is 16.7. The normalized spacial score (nSPS) is 16.5. The Balaban J connectivity index is 4.74. The number of esters is 1. The number of ether oxygens (including phenoxy) is 3. The van der Waals surface area contributed by atoms with E-state index >= 15 is 0 Å². The number of Topliss-reactive ketones (excluding diaryl/α,β-unsaturated/α-hetero) is 2. The molecule has 0 bridgehead atoms. The Morgan fingerprint density at radius 1 is 1.03 bits per heavy atom. The van der Waals surface area contributed by atoms with Crippen LogP contribution in [0.5, 0.6) is 0 Å². The third kappa shape index (κ3) is 9.62. The van der Waals surface area contributed by atoms with Crippen LogP contribution in [0.2, 0.25) is 0 Å². The highest BCUT2D eigenvalue weighted by molar-refractivity contribution is 5.87. The molecule has 0 fully saturated rings. The molecule has 0 aliphatic rings. The van der Waals surface area contributed by atoms with Crippen molar-refractivity contribution in [1.29, 1.82) is 0 Å². The molecule has 7 heteroatoms. The van der Waals surface area contributed by atoms with Crippen molar-refractivity contribution in [2.75, 3.05) is 14.2 Å². The first-order valence-electron chi connectivity index (χ1n) is 10.9. The molecule has 0 aliphatic carbocycles. The van der Waals surface area contributed by atoms with Crippen LogP contribution in [-0.4, -0.2) is 55.4 Å². The van der Waals surface area contributed by atoms with E-state index in [2.05, 4.69) is 0 Å². The summed E-state index contributed by atoms with van der Waals surface area (Å²) in [5, 5.41) is 10.7. The van der Waals surface area contributed by atoms with E-state index in [1.807, 2.05) is 19.9 Å². The summed E-state index contributed by atoms with van der Waals surface area (Å²) in [5.74, 6) is -1.35. The average Bonchev–Trinajstić information content (AvgIpc) is 2.69. The number of carbonyl (C=O) groups is 3. The van der Waals surface area contributed by atoms with Crippen LogP contribution in [0.3, 0.4) is 0 Å². The van der Waals surface area contributed by atoms with Crippen LogP contribution in [0.15, 0.2) is 11.6 Å². The van der Waals surface area contributed by atoms with E-state index in [0.29, 0.717) is 6.42 Å². The zero-order chi connectivity index (χ0) is 24.4. The Labute approximate surface area is 187 Å². The predicted molar refractivity (Wildman–Crippen MR) is 119 cm³/mol. The molecule has 0 aromatic heterocycles. The molecule has 7 nitrogen and oxygen atoms in total. The first-order valence-corrected chi connectivity index (χ1v) is 10.9. The number of methoxy groups -OCH3 is 2. The van der Waals surface area contributed by atoms with Gasteiger partial charge in [-0.3, -0.25) is 14.4 Å². The Morgan fingerprint density at radius 2 is 1.58 bits per heavy atom. The average molecular weight is 443 g/mol.